The van der Waals surface area contributed by atoms with Crippen LogP contribution in [0, 0.1) is 23.3 Å². The van der Waals surface area contributed by atoms with Gasteiger partial charge in [0.15, 0.2) is 11.6 Å². The van der Waals surface area contributed by atoms with Crippen molar-refractivity contribution < 1.29 is 62.0 Å². The number of amides is 1. The van der Waals surface area contributed by atoms with E-state index < -0.39 is 80.1 Å². The summed E-state index contributed by atoms with van der Waals surface area (Å²) in [6, 6.07) is 15.9. The minimum atomic E-state index is -5.16. The lowest BCUT2D eigenvalue weighted by Crippen LogP contribution is -2.39. The fourth-order valence-corrected chi connectivity index (χ4v) is 6.26. The van der Waals surface area contributed by atoms with Crippen LogP contribution in [0.25, 0.3) is 0 Å². The van der Waals surface area contributed by atoms with Crippen LogP contribution >= 0.6 is 0 Å². The normalized spacial score (nSPS) is 11.6. The first-order valence-electron chi connectivity index (χ1n) is 15.2. The first kappa shape index (κ1) is 43.1. The number of halogens is 7. The summed E-state index contributed by atoms with van der Waals surface area (Å²) in [5.41, 5.74) is 5.26. The molecule has 0 fully saturated rings. The lowest BCUT2D eigenvalue weighted by molar-refractivity contribution is -0.173. The smallest absolute Gasteiger partial charge is 0.341 e. The van der Waals surface area contributed by atoms with Crippen molar-refractivity contribution >= 4 is 48.9 Å². The summed E-state index contributed by atoms with van der Waals surface area (Å²) in [5, 5.41) is 1.38. The second-order valence-corrected chi connectivity index (χ2v) is 15.1. The van der Waals surface area contributed by atoms with Crippen LogP contribution in [-0.2, 0) is 37.9 Å². The third kappa shape index (κ3) is 12.1. The number of benzene rings is 4. The van der Waals surface area contributed by atoms with Crippen LogP contribution in [0.4, 0.5) is 42.1 Å². The zero-order chi connectivity index (χ0) is 40.6. The molecule has 0 saturated carbocycles. The summed E-state index contributed by atoms with van der Waals surface area (Å²) < 4.78 is 141. The SMILES string of the molecule is CS(=O)(=O)N(Cc1ccc(C(=O)CN)cc1F)c1ccc(F)cc1.CS(=O)(=O)N(Cc1ccc(C(=O)CNC(=O)C(F)(F)F)cc1F)c1ccc(F)cc1. The van der Waals surface area contributed by atoms with Crippen LogP contribution in [0.5, 0.6) is 0 Å². The highest BCUT2D eigenvalue weighted by molar-refractivity contribution is 7.92. The quantitative estimate of drug-likeness (QED) is 0.143. The highest BCUT2D eigenvalue weighted by Crippen LogP contribution is 2.24. The number of anilines is 2. The van der Waals surface area contributed by atoms with Crippen molar-refractivity contribution in [3.05, 3.63) is 130 Å². The van der Waals surface area contributed by atoms with Gasteiger partial charge in [0.1, 0.15) is 23.3 Å². The van der Waals surface area contributed by atoms with E-state index in [0.717, 1.165) is 69.7 Å². The molecule has 290 valence electrons. The Labute approximate surface area is 305 Å². The van der Waals surface area contributed by atoms with E-state index in [1.165, 1.54) is 41.7 Å². The van der Waals surface area contributed by atoms with Gasteiger partial charge in [0.2, 0.25) is 20.0 Å². The Balaban J connectivity index is 0.000000297. The Hall–Kier alpha value is -5.34. The first-order chi connectivity index (χ1) is 25.0. The number of nitrogens with two attached hydrogens (primary N) is 1. The largest absolute Gasteiger partial charge is 0.471 e. The van der Waals surface area contributed by atoms with Crippen molar-refractivity contribution in [2.24, 2.45) is 5.73 Å². The van der Waals surface area contributed by atoms with Gasteiger partial charge in [-0.2, -0.15) is 13.2 Å². The maximum atomic E-state index is 14.4. The van der Waals surface area contributed by atoms with Crippen molar-refractivity contribution in [2.45, 2.75) is 19.3 Å². The Morgan fingerprint density at radius 2 is 1.00 bits per heavy atom. The third-order valence-electron chi connectivity index (χ3n) is 7.26. The molecule has 0 atom stereocenters. The zero-order valence-electron chi connectivity index (χ0n) is 28.2. The number of rotatable bonds is 13. The number of Topliss-reactive ketones (excluding diaryl/α,β-unsaturated/α-hetero) is 2. The van der Waals surface area contributed by atoms with Gasteiger partial charge < -0.3 is 11.1 Å². The van der Waals surface area contributed by atoms with E-state index in [1.54, 1.807) is 0 Å². The highest BCUT2D eigenvalue weighted by Gasteiger charge is 2.38. The van der Waals surface area contributed by atoms with Gasteiger partial charge in [0.05, 0.1) is 50.1 Å². The monoisotopic (exact) mass is 804 g/mol. The molecule has 0 aliphatic heterocycles. The summed E-state index contributed by atoms with van der Waals surface area (Å²) >= 11 is 0. The van der Waals surface area contributed by atoms with E-state index in [9.17, 15) is 62.0 Å². The Kier molecular flexibility index (Phi) is 14.1. The molecule has 0 unspecified atom stereocenters. The van der Waals surface area contributed by atoms with Crippen LogP contribution < -0.4 is 19.7 Å². The molecule has 4 aromatic carbocycles. The average molecular weight is 805 g/mol. The van der Waals surface area contributed by atoms with Crippen LogP contribution in [0.15, 0.2) is 84.9 Å². The molecule has 0 aromatic heterocycles. The van der Waals surface area contributed by atoms with E-state index >= 15 is 0 Å². The number of hydrogen-bond acceptors (Lipinski definition) is 8. The van der Waals surface area contributed by atoms with Gasteiger partial charge in [0, 0.05) is 22.3 Å². The summed E-state index contributed by atoms with van der Waals surface area (Å²) in [7, 11) is -7.60. The highest BCUT2D eigenvalue weighted by atomic mass is 32.2. The predicted molar refractivity (Wildman–Crippen MR) is 184 cm³/mol. The fourth-order valence-electron chi connectivity index (χ4n) is 4.50. The van der Waals surface area contributed by atoms with Gasteiger partial charge in [-0.3, -0.25) is 23.0 Å². The summed E-state index contributed by atoms with van der Waals surface area (Å²) in [4.78, 5) is 34.1. The molecule has 20 heteroatoms. The maximum Gasteiger partial charge on any atom is 0.471 e. The number of nitrogens with zero attached hydrogens (tertiary/aromatic N) is 2. The molecule has 0 spiro atoms. The lowest BCUT2D eigenvalue weighted by atomic mass is 10.1. The molecule has 3 N–H and O–H groups in total. The number of alkyl halides is 3. The van der Waals surface area contributed by atoms with Gasteiger partial charge >= 0.3 is 12.1 Å². The van der Waals surface area contributed by atoms with E-state index in [2.05, 4.69) is 0 Å². The molecule has 0 aliphatic carbocycles. The number of carbonyl (C=O) groups excluding carboxylic acids is 3. The molecule has 4 aromatic rings. The van der Waals surface area contributed by atoms with Crippen LogP contribution in [0.2, 0.25) is 0 Å². The molecule has 0 radical (unpaired) electrons. The average Bonchev–Trinajstić information content (AvgIpc) is 3.08. The second-order valence-electron chi connectivity index (χ2n) is 11.3. The number of carbonyl (C=O) groups is 3. The van der Waals surface area contributed by atoms with Gasteiger partial charge in [-0.15, -0.1) is 0 Å². The van der Waals surface area contributed by atoms with E-state index in [0.29, 0.717) is 0 Å². The van der Waals surface area contributed by atoms with Crippen molar-refractivity contribution in [3.8, 4) is 0 Å². The van der Waals surface area contributed by atoms with Gasteiger partial charge in [0.25, 0.3) is 0 Å². The Bertz CT molecular complexity index is 2220. The molecule has 0 bridgehead atoms. The second kappa shape index (κ2) is 17.7. The predicted octanol–water partition coefficient (Wildman–Crippen LogP) is 4.86. The minimum Gasteiger partial charge on any atom is -0.341 e. The molecule has 0 heterocycles. The zero-order valence-corrected chi connectivity index (χ0v) is 29.8. The third-order valence-corrected chi connectivity index (χ3v) is 9.54. The lowest BCUT2D eigenvalue weighted by Gasteiger charge is -2.23. The van der Waals surface area contributed by atoms with Crippen molar-refractivity contribution in [2.75, 3.05) is 34.2 Å². The van der Waals surface area contributed by atoms with Gasteiger partial charge in [-0.25, -0.2) is 34.4 Å². The standard InChI is InChI=1S/C18H15F5N2O4S.C16H16F2N2O3S/c1-30(28,29)25(14-6-4-13(19)5-7-14)10-12-3-2-11(8-15(12)20)16(26)9-24-17(27)18(21,22)23;1-24(22,23)20(14-6-4-13(17)5-7-14)10-12-3-2-11(8-15(12)18)16(21)9-19/h2-8H,9-10H2,1H3,(H,24,27);2-8H,9-10,19H2,1H3. The van der Waals surface area contributed by atoms with Crippen molar-refractivity contribution in [1.82, 2.24) is 5.32 Å². The van der Waals surface area contributed by atoms with Crippen LogP contribution in [0.1, 0.15) is 31.8 Å². The summed E-state index contributed by atoms with van der Waals surface area (Å²) in [6.45, 7) is -2.00. The molecule has 0 aliphatic rings. The number of hydrogen-bond donors (Lipinski definition) is 2. The maximum absolute atomic E-state index is 14.4. The summed E-state index contributed by atoms with van der Waals surface area (Å²) in [5.74, 6) is -6.52. The fraction of sp³-hybridized carbons (Fsp3) is 0.206. The molecule has 11 nitrogen and oxygen atoms in total. The van der Waals surface area contributed by atoms with Crippen LogP contribution in [-0.4, -0.2) is 66.1 Å². The molecular weight excluding hydrogens is 774 g/mol. The molecular formula is C34H31F7N4O7S2. The molecule has 4 rings (SSSR count). The molecule has 54 heavy (non-hydrogen) atoms. The number of nitrogens with one attached hydrogen (secondary N) is 1. The first-order valence-corrected chi connectivity index (χ1v) is 18.9. The van der Waals surface area contributed by atoms with E-state index in [1.807, 2.05) is 0 Å². The minimum absolute atomic E-state index is 0.0771. The van der Waals surface area contributed by atoms with E-state index in [4.69, 9.17) is 5.73 Å². The topological polar surface area (TPSA) is 164 Å². The Morgan fingerprint density at radius 3 is 1.31 bits per heavy atom. The number of ketones is 2. The van der Waals surface area contributed by atoms with E-state index in [-0.39, 0.29) is 46.7 Å². The van der Waals surface area contributed by atoms with Crippen LogP contribution in [0.3, 0.4) is 0 Å². The van der Waals surface area contributed by atoms with Crippen molar-refractivity contribution in [3.63, 3.8) is 0 Å². The van der Waals surface area contributed by atoms with Gasteiger partial charge in [-0.05, 0) is 60.7 Å². The molecule has 1 amide bonds. The molecule has 0 saturated heterocycles. The van der Waals surface area contributed by atoms with Gasteiger partial charge in [-0.1, -0.05) is 24.3 Å². The van der Waals surface area contributed by atoms with Crippen molar-refractivity contribution in [1.29, 1.82) is 0 Å². The number of sulfonamides is 2. The Morgan fingerprint density at radius 1 is 0.630 bits per heavy atom. The summed E-state index contributed by atoms with van der Waals surface area (Å²) in [6.07, 6.45) is -3.32.